The summed E-state index contributed by atoms with van der Waals surface area (Å²) in [5.41, 5.74) is 8.91. The molecule has 0 amide bonds. The highest BCUT2D eigenvalue weighted by Gasteiger charge is 2.18. The predicted octanol–water partition coefficient (Wildman–Crippen LogP) is 12.5. The second-order valence-electron chi connectivity index (χ2n) is 12.4. The van der Waals surface area contributed by atoms with E-state index in [1.165, 1.54) is 20.2 Å². The van der Waals surface area contributed by atoms with Crippen molar-refractivity contribution in [2.75, 3.05) is 0 Å². The Morgan fingerprint density at radius 3 is 1.76 bits per heavy atom. The lowest BCUT2D eigenvalue weighted by Crippen LogP contribution is -2.00. The number of aromatic nitrogens is 3. The fourth-order valence-electron chi connectivity index (χ4n) is 6.95. The molecule has 234 valence electrons. The van der Waals surface area contributed by atoms with Gasteiger partial charge in [0.25, 0.3) is 0 Å². The van der Waals surface area contributed by atoms with Crippen LogP contribution in [-0.4, -0.2) is 15.0 Å². The summed E-state index contributed by atoms with van der Waals surface area (Å²) in [6.45, 7) is 0. The molecular formula is C45H27N3OS. The Morgan fingerprint density at radius 2 is 0.940 bits per heavy atom. The van der Waals surface area contributed by atoms with E-state index in [0.717, 1.165) is 60.9 Å². The van der Waals surface area contributed by atoms with Crippen LogP contribution in [0.4, 0.5) is 0 Å². The molecule has 10 aromatic rings. The van der Waals surface area contributed by atoms with Gasteiger partial charge in [-0.15, -0.1) is 11.3 Å². The molecule has 7 aromatic carbocycles. The molecule has 0 atom stereocenters. The van der Waals surface area contributed by atoms with E-state index < -0.39 is 0 Å². The fourth-order valence-corrected chi connectivity index (χ4v) is 8.16. The molecule has 0 aliphatic carbocycles. The van der Waals surface area contributed by atoms with Crippen LogP contribution < -0.4 is 0 Å². The van der Waals surface area contributed by atoms with Crippen molar-refractivity contribution in [1.29, 1.82) is 0 Å². The monoisotopic (exact) mass is 657 g/mol. The minimum atomic E-state index is 0.617. The maximum Gasteiger partial charge on any atom is 0.165 e. The Morgan fingerprint density at radius 1 is 0.380 bits per heavy atom. The van der Waals surface area contributed by atoms with Crippen LogP contribution in [0.1, 0.15) is 0 Å². The highest BCUT2D eigenvalue weighted by molar-refractivity contribution is 7.26. The Kier molecular flexibility index (Phi) is 6.64. The molecule has 0 radical (unpaired) electrons. The third-order valence-electron chi connectivity index (χ3n) is 9.34. The summed E-state index contributed by atoms with van der Waals surface area (Å²) in [7, 11) is 0. The van der Waals surface area contributed by atoms with Gasteiger partial charge in [-0.05, 0) is 47.0 Å². The van der Waals surface area contributed by atoms with E-state index in [-0.39, 0.29) is 0 Å². The molecule has 10 rings (SSSR count). The minimum absolute atomic E-state index is 0.617. The number of hydrogen-bond acceptors (Lipinski definition) is 5. The largest absolute Gasteiger partial charge is 0.455 e. The number of nitrogens with zero attached hydrogens (tertiary/aromatic N) is 3. The summed E-state index contributed by atoms with van der Waals surface area (Å²) in [5.74, 6) is 1.90. The first-order valence-corrected chi connectivity index (χ1v) is 17.4. The second-order valence-corrected chi connectivity index (χ2v) is 13.4. The van der Waals surface area contributed by atoms with E-state index in [9.17, 15) is 0 Å². The summed E-state index contributed by atoms with van der Waals surface area (Å²) in [5, 5.41) is 4.66. The number of fused-ring (bicyclic) bond motifs is 6. The molecule has 50 heavy (non-hydrogen) atoms. The highest BCUT2D eigenvalue weighted by atomic mass is 32.1. The van der Waals surface area contributed by atoms with Crippen LogP contribution in [0.3, 0.4) is 0 Å². The number of furan rings is 1. The quantitative estimate of drug-likeness (QED) is 0.185. The Balaban J connectivity index is 1.17. The van der Waals surface area contributed by atoms with Gasteiger partial charge >= 0.3 is 0 Å². The lowest BCUT2D eigenvalue weighted by Gasteiger charge is -2.11. The summed E-state index contributed by atoms with van der Waals surface area (Å²) < 4.78 is 8.82. The van der Waals surface area contributed by atoms with Crippen molar-refractivity contribution >= 4 is 53.4 Å². The van der Waals surface area contributed by atoms with Crippen molar-refractivity contribution in [3.8, 4) is 56.4 Å². The zero-order valence-electron chi connectivity index (χ0n) is 26.7. The number of benzene rings is 7. The van der Waals surface area contributed by atoms with E-state index in [1.807, 2.05) is 18.2 Å². The average molecular weight is 658 g/mol. The SMILES string of the molecule is c1ccc(-c2cccc(-c3nc(-c4cccc(-c5cccc6c5oc5ccccc56)c4)nc(-c4cccc5c4sc4ccccc45)n3)c2)cc1. The maximum absolute atomic E-state index is 6.41. The third-order valence-corrected chi connectivity index (χ3v) is 10.6. The summed E-state index contributed by atoms with van der Waals surface area (Å²) in [6, 6.07) is 56.8. The smallest absolute Gasteiger partial charge is 0.165 e. The van der Waals surface area contributed by atoms with Gasteiger partial charge in [-0.25, -0.2) is 15.0 Å². The van der Waals surface area contributed by atoms with E-state index in [2.05, 4.69) is 146 Å². The number of para-hydroxylation sites is 2. The van der Waals surface area contributed by atoms with Crippen molar-refractivity contribution in [2.24, 2.45) is 0 Å². The lowest BCUT2D eigenvalue weighted by atomic mass is 10.00. The molecule has 3 aromatic heterocycles. The van der Waals surface area contributed by atoms with Crippen LogP contribution in [-0.2, 0) is 0 Å². The molecule has 0 aliphatic heterocycles. The lowest BCUT2D eigenvalue weighted by molar-refractivity contribution is 0.670. The molecule has 0 bridgehead atoms. The van der Waals surface area contributed by atoms with Crippen molar-refractivity contribution in [2.45, 2.75) is 0 Å². The number of hydrogen-bond donors (Lipinski definition) is 0. The standard InChI is InChI=1S/C45H27N3OS/c1-2-12-28(13-3-1)29-14-8-16-31(26-29)43-46-44(48-45(47-43)38-23-11-22-37-35-19-5-7-25-40(35)50-42(37)38)32-17-9-15-30(27-32)33-20-10-21-36-34-18-4-6-24-39(34)49-41(33)36/h1-27H. The van der Waals surface area contributed by atoms with Crippen molar-refractivity contribution < 1.29 is 4.42 Å². The minimum Gasteiger partial charge on any atom is -0.455 e. The normalized spacial score (nSPS) is 11.6. The predicted molar refractivity (Wildman–Crippen MR) is 207 cm³/mol. The van der Waals surface area contributed by atoms with Crippen LogP contribution in [0, 0.1) is 0 Å². The summed E-state index contributed by atoms with van der Waals surface area (Å²) in [6.07, 6.45) is 0. The van der Waals surface area contributed by atoms with E-state index in [0.29, 0.717) is 17.5 Å². The first kappa shape index (κ1) is 28.6. The Labute approximate surface area is 292 Å². The molecule has 5 heteroatoms. The van der Waals surface area contributed by atoms with E-state index in [4.69, 9.17) is 19.4 Å². The number of thiophene rings is 1. The molecule has 0 aliphatic rings. The zero-order valence-corrected chi connectivity index (χ0v) is 27.6. The van der Waals surface area contributed by atoms with Crippen molar-refractivity contribution in [3.63, 3.8) is 0 Å². The van der Waals surface area contributed by atoms with Crippen LogP contribution in [0.25, 0.3) is 98.5 Å². The molecule has 4 nitrogen and oxygen atoms in total. The second kappa shape index (κ2) is 11.6. The molecule has 0 N–H and O–H groups in total. The van der Waals surface area contributed by atoms with Crippen LogP contribution in [0.2, 0.25) is 0 Å². The molecule has 0 unspecified atom stereocenters. The van der Waals surface area contributed by atoms with Crippen LogP contribution in [0.5, 0.6) is 0 Å². The van der Waals surface area contributed by atoms with E-state index >= 15 is 0 Å². The molecule has 3 heterocycles. The number of rotatable bonds is 5. The first-order chi connectivity index (χ1) is 24.8. The van der Waals surface area contributed by atoms with Gasteiger partial charge in [-0.2, -0.15) is 0 Å². The first-order valence-electron chi connectivity index (χ1n) is 16.6. The molecule has 0 fully saturated rings. The van der Waals surface area contributed by atoms with Gasteiger partial charge in [0.15, 0.2) is 17.5 Å². The van der Waals surface area contributed by atoms with Gasteiger partial charge in [-0.1, -0.05) is 133 Å². The maximum atomic E-state index is 6.41. The molecule has 0 saturated carbocycles. The Hall–Kier alpha value is -6.43. The topological polar surface area (TPSA) is 51.8 Å². The highest BCUT2D eigenvalue weighted by Crippen LogP contribution is 2.40. The van der Waals surface area contributed by atoms with Gasteiger partial charge in [0.1, 0.15) is 11.2 Å². The molecule has 0 saturated heterocycles. The van der Waals surface area contributed by atoms with Crippen molar-refractivity contribution in [1.82, 2.24) is 15.0 Å². The average Bonchev–Trinajstić information content (AvgIpc) is 3.77. The van der Waals surface area contributed by atoms with Gasteiger partial charge in [0.05, 0.1) is 0 Å². The van der Waals surface area contributed by atoms with Crippen molar-refractivity contribution in [3.05, 3.63) is 164 Å². The van der Waals surface area contributed by atoms with E-state index in [1.54, 1.807) is 11.3 Å². The fraction of sp³-hybridized carbons (Fsp3) is 0. The van der Waals surface area contributed by atoms with Gasteiger partial charge in [-0.3, -0.25) is 0 Å². The summed E-state index contributed by atoms with van der Waals surface area (Å²) >= 11 is 1.78. The molecular weight excluding hydrogens is 631 g/mol. The third kappa shape index (κ3) is 4.79. The van der Waals surface area contributed by atoms with Crippen LogP contribution >= 0.6 is 11.3 Å². The van der Waals surface area contributed by atoms with Crippen LogP contribution in [0.15, 0.2) is 168 Å². The van der Waals surface area contributed by atoms with Gasteiger partial charge in [0, 0.05) is 53.2 Å². The molecule has 0 spiro atoms. The van der Waals surface area contributed by atoms with Gasteiger partial charge in [0.2, 0.25) is 0 Å². The Bertz CT molecular complexity index is 2890. The zero-order chi connectivity index (χ0) is 33.0. The van der Waals surface area contributed by atoms with Gasteiger partial charge < -0.3 is 4.42 Å². The summed E-state index contributed by atoms with van der Waals surface area (Å²) in [4.78, 5) is 15.5.